The van der Waals surface area contributed by atoms with Crippen molar-refractivity contribution in [2.24, 2.45) is 10.8 Å². The fraction of sp³-hybridized carbons (Fsp3) is 0.0833. The summed E-state index contributed by atoms with van der Waals surface area (Å²) in [6, 6.07) is 4.57. The Kier molecular flexibility index (Phi) is 3.87. The lowest BCUT2D eigenvalue weighted by Crippen LogP contribution is -2.26. The first kappa shape index (κ1) is 14.5. The number of carbonyl (C=O) groups is 1. The SMILES string of the molecule is C/C(=N/NC(N)=O)c1cc2cc(N([O-])O)ccc2oc1=O. The summed E-state index contributed by atoms with van der Waals surface area (Å²) in [4.78, 5) is 22.4. The number of nitrogens with one attached hydrogen (secondary N) is 1. The van der Waals surface area contributed by atoms with E-state index in [4.69, 9.17) is 15.4 Å². The molecule has 0 aliphatic rings. The zero-order valence-corrected chi connectivity index (χ0v) is 10.9. The molecule has 9 heteroatoms. The number of anilines is 1. The van der Waals surface area contributed by atoms with Gasteiger partial charge in [0, 0.05) is 5.39 Å². The molecule has 2 amide bonds. The minimum atomic E-state index is -0.871. The number of hydrogen-bond donors (Lipinski definition) is 3. The normalized spacial score (nSPS) is 11.5. The first-order valence-electron chi connectivity index (χ1n) is 5.72. The standard InChI is InChI=1S/C12H11N4O5/c1-6(14-15-12(13)18)9-5-7-4-8(16(19)20)2-3-10(7)21-11(9)17/h2-5,19H,1H3,(H3,13,15,18)/q-1/b14-6-. The lowest BCUT2D eigenvalue weighted by atomic mass is 10.1. The van der Waals surface area contributed by atoms with Crippen LogP contribution in [0.1, 0.15) is 12.5 Å². The van der Waals surface area contributed by atoms with E-state index in [1.165, 1.54) is 31.2 Å². The number of amides is 2. The molecule has 2 rings (SSSR count). The van der Waals surface area contributed by atoms with Crippen molar-refractivity contribution in [1.82, 2.24) is 5.43 Å². The van der Waals surface area contributed by atoms with Gasteiger partial charge in [-0.1, -0.05) is 0 Å². The Balaban J connectivity index is 2.54. The van der Waals surface area contributed by atoms with Crippen LogP contribution in [0.25, 0.3) is 11.0 Å². The smallest absolute Gasteiger partial charge is 0.345 e. The maximum Gasteiger partial charge on any atom is 0.345 e. The molecule has 0 saturated carbocycles. The van der Waals surface area contributed by atoms with Crippen LogP contribution >= 0.6 is 0 Å². The zero-order chi connectivity index (χ0) is 15.6. The Morgan fingerprint density at radius 1 is 1.48 bits per heavy atom. The number of hydrogen-bond acceptors (Lipinski definition) is 7. The lowest BCUT2D eigenvalue weighted by Gasteiger charge is -2.21. The van der Waals surface area contributed by atoms with Gasteiger partial charge < -0.3 is 20.6 Å². The van der Waals surface area contributed by atoms with Gasteiger partial charge in [-0.05, 0) is 31.2 Å². The number of fused-ring (bicyclic) bond motifs is 1. The summed E-state index contributed by atoms with van der Waals surface area (Å²) in [7, 11) is 0. The third-order valence-electron chi connectivity index (χ3n) is 2.66. The van der Waals surface area contributed by atoms with Crippen molar-refractivity contribution in [1.29, 1.82) is 0 Å². The fourth-order valence-electron chi connectivity index (χ4n) is 1.68. The van der Waals surface area contributed by atoms with E-state index >= 15 is 0 Å². The molecule has 9 nitrogen and oxygen atoms in total. The molecule has 21 heavy (non-hydrogen) atoms. The number of hydrazone groups is 1. The van der Waals surface area contributed by atoms with E-state index in [2.05, 4.69) is 5.10 Å². The van der Waals surface area contributed by atoms with Gasteiger partial charge in [0.2, 0.25) is 0 Å². The van der Waals surface area contributed by atoms with Crippen LogP contribution < -0.4 is 22.0 Å². The van der Waals surface area contributed by atoms with Crippen molar-refractivity contribution in [3.05, 3.63) is 45.5 Å². The third kappa shape index (κ3) is 3.16. The van der Waals surface area contributed by atoms with Gasteiger partial charge in [0.25, 0.3) is 0 Å². The molecular formula is C12H11N4O5-. The topological polar surface area (TPSA) is 144 Å². The summed E-state index contributed by atoms with van der Waals surface area (Å²) in [5.74, 6) is 0. The van der Waals surface area contributed by atoms with Crippen LogP contribution in [-0.4, -0.2) is 17.0 Å². The summed E-state index contributed by atoms with van der Waals surface area (Å²) in [5.41, 5.74) is 6.69. The molecule has 0 aliphatic heterocycles. The first-order valence-corrected chi connectivity index (χ1v) is 5.72. The molecular weight excluding hydrogens is 280 g/mol. The van der Waals surface area contributed by atoms with Gasteiger partial charge in [-0.2, -0.15) is 5.10 Å². The molecule has 1 aromatic heterocycles. The van der Waals surface area contributed by atoms with Gasteiger partial charge in [0.15, 0.2) is 0 Å². The number of primary amides is 1. The monoisotopic (exact) mass is 291 g/mol. The van der Waals surface area contributed by atoms with Crippen LogP contribution in [0.2, 0.25) is 0 Å². The summed E-state index contributed by atoms with van der Waals surface area (Å²) in [5, 5.41) is 23.4. The molecule has 0 spiro atoms. The molecule has 0 radical (unpaired) electrons. The van der Waals surface area contributed by atoms with Crippen molar-refractivity contribution in [2.45, 2.75) is 6.92 Å². The Hall–Kier alpha value is -2.91. The van der Waals surface area contributed by atoms with E-state index in [1.807, 2.05) is 5.43 Å². The molecule has 4 N–H and O–H groups in total. The number of carbonyl (C=O) groups excluding carboxylic acids is 1. The fourth-order valence-corrected chi connectivity index (χ4v) is 1.68. The summed E-state index contributed by atoms with van der Waals surface area (Å²) >= 11 is 0. The number of benzene rings is 1. The van der Waals surface area contributed by atoms with Gasteiger partial charge in [-0.3, -0.25) is 5.21 Å². The largest absolute Gasteiger partial charge is 0.733 e. The second kappa shape index (κ2) is 5.61. The molecule has 0 fully saturated rings. The van der Waals surface area contributed by atoms with Gasteiger partial charge in [-0.25, -0.2) is 15.0 Å². The predicted molar refractivity (Wildman–Crippen MR) is 75.0 cm³/mol. The van der Waals surface area contributed by atoms with Crippen molar-refractivity contribution in [2.75, 3.05) is 5.23 Å². The number of urea groups is 1. The Labute approximate surface area is 117 Å². The molecule has 0 aliphatic carbocycles. The quantitative estimate of drug-likeness (QED) is 0.435. The zero-order valence-electron chi connectivity index (χ0n) is 10.9. The summed E-state index contributed by atoms with van der Waals surface area (Å²) in [6.45, 7) is 1.48. The van der Waals surface area contributed by atoms with Crippen molar-refractivity contribution in [3.63, 3.8) is 0 Å². The Morgan fingerprint density at radius 2 is 2.19 bits per heavy atom. The van der Waals surface area contributed by atoms with E-state index < -0.39 is 11.7 Å². The minimum absolute atomic E-state index is 0.0212. The maximum atomic E-state index is 11.8. The van der Waals surface area contributed by atoms with Crippen molar-refractivity contribution >= 4 is 28.4 Å². The van der Waals surface area contributed by atoms with Crippen LogP contribution in [0.3, 0.4) is 0 Å². The highest BCUT2D eigenvalue weighted by Crippen LogP contribution is 2.20. The van der Waals surface area contributed by atoms with Gasteiger partial charge in [0.05, 0.1) is 17.0 Å². The number of rotatable bonds is 3. The van der Waals surface area contributed by atoms with Gasteiger partial charge >= 0.3 is 11.7 Å². The Bertz CT molecular complexity index is 781. The molecule has 1 aromatic carbocycles. The molecule has 2 aromatic rings. The number of nitrogens with zero attached hydrogens (tertiary/aromatic N) is 2. The highest BCUT2D eigenvalue weighted by atomic mass is 16.8. The van der Waals surface area contributed by atoms with Gasteiger partial charge in [-0.15, -0.1) is 0 Å². The van der Waals surface area contributed by atoms with E-state index in [9.17, 15) is 14.8 Å². The molecule has 0 unspecified atom stereocenters. The second-order valence-corrected chi connectivity index (χ2v) is 4.12. The van der Waals surface area contributed by atoms with Crippen LogP contribution in [0.5, 0.6) is 0 Å². The van der Waals surface area contributed by atoms with E-state index in [1.54, 1.807) is 0 Å². The lowest BCUT2D eigenvalue weighted by molar-refractivity contribution is 0.249. The van der Waals surface area contributed by atoms with Crippen LogP contribution in [0.4, 0.5) is 10.5 Å². The molecule has 110 valence electrons. The van der Waals surface area contributed by atoms with Gasteiger partial charge in [0.1, 0.15) is 5.58 Å². The summed E-state index contributed by atoms with van der Waals surface area (Å²) in [6.07, 6.45) is 0. The van der Waals surface area contributed by atoms with Crippen LogP contribution in [0.15, 0.2) is 38.6 Å². The highest BCUT2D eigenvalue weighted by molar-refractivity contribution is 6.01. The second-order valence-electron chi connectivity index (χ2n) is 4.12. The average Bonchev–Trinajstić information content (AvgIpc) is 2.43. The Morgan fingerprint density at radius 3 is 2.81 bits per heavy atom. The van der Waals surface area contributed by atoms with Crippen molar-refractivity contribution in [3.8, 4) is 0 Å². The molecule has 0 atom stereocenters. The van der Waals surface area contributed by atoms with Crippen LogP contribution in [0, 0.1) is 5.21 Å². The number of nitrogens with two attached hydrogens (primary N) is 1. The minimum Gasteiger partial charge on any atom is -0.733 e. The molecule has 0 saturated heterocycles. The van der Waals surface area contributed by atoms with E-state index in [0.717, 1.165) is 0 Å². The predicted octanol–water partition coefficient (Wildman–Crippen LogP) is 0.879. The van der Waals surface area contributed by atoms with E-state index in [-0.39, 0.29) is 27.8 Å². The summed E-state index contributed by atoms with van der Waals surface area (Å²) < 4.78 is 5.07. The highest BCUT2D eigenvalue weighted by Gasteiger charge is 2.09. The average molecular weight is 291 g/mol. The van der Waals surface area contributed by atoms with Crippen LogP contribution in [-0.2, 0) is 0 Å². The maximum absolute atomic E-state index is 11.8. The third-order valence-corrected chi connectivity index (χ3v) is 2.66. The van der Waals surface area contributed by atoms with E-state index in [0.29, 0.717) is 5.39 Å². The molecule has 1 heterocycles. The van der Waals surface area contributed by atoms with Crippen molar-refractivity contribution < 1.29 is 14.4 Å². The molecule has 0 bridgehead atoms. The first-order chi connectivity index (χ1) is 9.88.